The van der Waals surface area contributed by atoms with Gasteiger partial charge in [0.15, 0.2) is 5.82 Å². The maximum atomic E-state index is 5.55. The van der Waals surface area contributed by atoms with E-state index in [9.17, 15) is 0 Å². The van der Waals surface area contributed by atoms with Gasteiger partial charge in [-0.05, 0) is 51.2 Å². The van der Waals surface area contributed by atoms with E-state index in [1.54, 1.807) is 10.9 Å². The minimum Gasteiger partial charge on any atom is -0.334 e. The summed E-state index contributed by atoms with van der Waals surface area (Å²) in [5.41, 5.74) is 0.889. The van der Waals surface area contributed by atoms with Crippen molar-refractivity contribution in [3.63, 3.8) is 0 Å². The van der Waals surface area contributed by atoms with Crippen molar-refractivity contribution in [2.45, 2.75) is 44.6 Å². The van der Waals surface area contributed by atoms with Crippen LogP contribution >= 0.6 is 12.4 Å². The minimum atomic E-state index is 0. The van der Waals surface area contributed by atoms with Crippen molar-refractivity contribution in [3.8, 4) is 11.5 Å². The summed E-state index contributed by atoms with van der Waals surface area (Å²) in [6.07, 6.45) is 11.2. The highest BCUT2D eigenvalue weighted by atomic mass is 35.5. The number of hydrogen-bond acceptors (Lipinski definition) is 6. The number of piperidine rings is 1. The van der Waals surface area contributed by atoms with Crippen LogP contribution in [0.15, 0.2) is 16.9 Å². The first-order valence-electron chi connectivity index (χ1n) is 9.57. The largest absolute Gasteiger partial charge is 0.334 e. The van der Waals surface area contributed by atoms with Gasteiger partial charge in [0.05, 0.1) is 17.8 Å². The lowest BCUT2D eigenvalue weighted by Crippen LogP contribution is -2.38. The number of rotatable bonds is 4. The molecule has 2 aromatic rings. The lowest BCUT2D eigenvalue weighted by molar-refractivity contribution is 0.147. The van der Waals surface area contributed by atoms with E-state index in [1.165, 1.54) is 32.1 Å². The fraction of sp³-hybridized carbons (Fsp3) is 0.722. The van der Waals surface area contributed by atoms with E-state index in [0.717, 1.165) is 49.9 Å². The summed E-state index contributed by atoms with van der Waals surface area (Å²) < 4.78 is 7.30. The van der Waals surface area contributed by atoms with E-state index in [0.29, 0.717) is 5.89 Å². The van der Waals surface area contributed by atoms with Crippen molar-refractivity contribution in [2.75, 3.05) is 26.2 Å². The fourth-order valence-corrected chi connectivity index (χ4v) is 4.09. The normalized spacial score (nSPS) is 22.7. The van der Waals surface area contributed by atoms with E-state index in [2.05, 4.69) is 20.5 Å². The lowest BCUT2D eigenvalue weighted by Gasteiger charge is -2.33. The molecule has 144 valence electrons. The maximum absolute atomic E-state index is 5.55. The predicted octanol–water partition coefficient (Wildman–Crippen LogP) is 2.81. The maximum Gasteiger partial charge on any atom is 0.261 e. The highest BCUT2D eigenvalue weighted by molar-refractivity contribution is 5.85. The first-order chi connectivity index (χ1) is 12.3. The van der Waals surface area contributed by atoms with E-state index in [-0.39, 0.29) is 18.4 Å². The molecule has 4 heterocycles. The topological polar surface area (TPSA) is 72.0 Å². The highest BCUT2D eigenvalue weighted by Gasteiger charge is 2.29. The van der Waals surface area contributed by atoms with Crippen LogP contribution in [0.2, 0.25) is 0 Å². The van der Waals surface area contributed by atoms with Gasteiger partial charge in [-0.15, -0.1) is 12.4 Å². The summed E-state index contributed by atoms with van der Waals surface area (Å²) in [6.45, 7) is 4.60. The van der Waals surface area contributed by atoms with Crippen LogP contribution in [0.3, 0.4) is 0 Å². The van der Waals surface area contributed by atoms with Gasteiger partial charge in [-0.2, -0.15) is 10.1 Å². The van der Waals surface area contributed by atoms with Gasteiger partial charge in [0.2, 0.25) is 0 Å². The molecule has 2 aromatic heterocycles. The minimum absolute atomic E-state index is 0. The number of nitrogens with zero attached hydrogens (tertiary/aromatic N) is 5. The first-order valence-corrected chi connectivity index (χ1v) is 9.57. The monoisotopic (exact) mass is 380 g/mol. The first kappa shape index (κ1) is 19.3. The molecule has 0 radical (unpaired) electrons. The van der Waals surface area contributed by atoms with Crippen LogP contribution in [0.4, 0.5) is 0 Å². The Labute approximate surface area is 160 Å². The molecule has 7 nitrogen and oxygen atoms in total. The van der Waals surface area contributed by atoms with Crippen LogP contribution in [0, 0.1) is 5.92 Å². The third-order valence-corrected chi connectivity index (χ3v) is 5.51. The molecule has 2 fully saturated rings. The zero-order chi connectivity index (χ0) is 17.1. The Morgan fingerprint density at radius 3 is 2.81 bits per heavy atom. The van der Waals surface area contributed by atoms with Gasteiger partial charge in [-0.3, -0.25) is 9.58 Å². The van der Waals surface area contributed by atoms with Gasteiger partial charge < -0.3 is 9.84 Å². The van der Waals surface area contributed by atoms with E-state index < -0.39 is 0 Å². The Morgan fingerprint density at radius 2 is 2.04 bits per heavy atom. The number of nitrogens with one attached hydrogen (secondary N) is 1. The van der Waals surface area contributed by atoms with Crippen LogP contribution in [0.5, 0.6) is 0 Å². The molecule has 2 aliphatic rings. The molecule has 1 atom stereocenters. The zero-order valence-electron chi connectivity index (χ0n) is 15.4. The van der Waals surface area contributed by atoms with Crippen molar-refractivity contribution in [2.24, 2.45) is 13.0 Å². The Hall–Kier alpha value is -1.44. The van der Waals surface area contributed by atoms with Crippen LogP contribution in [0.25, 0.3) is 11.5 Å². The van der Waals surface area contributed by atoms with Crippen molar-refractivity contribution in [1.82, 2.24) is 30.1 Å². The summed E-state index contributed by atoms with van der Waals surface area (Å²) in [5.74, 6) is 2.20. The molecule has 4 rings (SSSR count). The zero-order valence-corrected chi connectivity index (χ0v) is 16.2. The molecule has 0 saturated carbocycles. The van der Waals surface area contributed by atoms with Crippen molar-refractivity contribution < 1.29 is 4.52 Å². The summed E-state index contributed by atoms with van der Waals surface area (Å²) in [4.78, 5) is 7.33. The van der Waals surface area contributed by atoms with Gasteiger partial charge >= 0.3 is 0 Å². The second kappa shape index (κ2) is 8.97. The van der Waals surface area contributed by atoms with Gasteiger partial charge in [0, 0.05) is 19.8 Å². The SMILES string of the molecule is Cl.Cn1cc(-c2nc(C3CCCCCN3CC3CCNCC3)no2)cn1. The summed E-state index contributed by atoms with van der Waals surface area (Å²) in [5, 5.41) is 12.0. The number of aryl methyl sites for hydroxylation is 1. The van der Waals surface area contributed by atoms with E-state index in [1.807, 2.05) is 13.2 Å². The predicted molar refractivity (Wildman–Crippen MR) is 102 cm³/mol. The molecule has 0 bridgehead atoms. The third kappa shape index (κ3) is 4.45. The quantitative estimate of drug-likeness (QED) is 0.879. The molecule has 26 heavy (non-hydrogen) atoms. The number of likely N-dealkylation sites (tertiary alicyclic amines) is 1. The lowest BCUT2D eigenvalue weighted by atomic mass is 9.96. The molecule has 1 N–H and O–H groups in total. The average Bonchev–Trinajstić information content (AvgIpc) is 3.22. The van der Waals surface area contributed by atoms with Crippen LogP contribution < -0.4 is 5.32 Å². The Bertz CT molecular complexity index is 681. The molecule has 1 unspecified atom stereocenters. The number of hydrogen-bond donors (Lipinski definition) is 1. The van der Waals surface area contributed by atoms with E-state index >= 15 is 0 Å². The highest BCUT2D eigenvalue weighted by Crippen LogP contribution is 2.31. The molecule has 0 spiro atoms. The molecule has 8 heteroatoms. The van der Waals surface area contributed by atoms with Gasteiger partial charge in [0.1, 0.15) is 0 Å². The summed E-state index contributed by atoms with van der Waals surface area (Å²) in [7, 11) is 1.90. The smallest absolute Gasteiger partial charge is 0.261 e. The summed E-state index contributed by atoms with van der Waals surface area (Å²) in [6, 6.07) is 0.284. The molecular weight excluding hydrogens is 352 g/mol. The van der Waals surface area contributed by atoms with Crippen LogP contribution in [-0.4, -0.2) is 51.0 Å². The number of halogens is 1. The summed E-state index contributed by atoms with van der Waals surface area (Å²) >= 11 is 0. The number of aromatic nitrogens is 4. The van der Waals surface area contributed by atoms with Crippen molar-refractivity contribution in [3.05, 3.63) is 18.2 Å². The van der Waals surface area contributed by atoms with Gasteiger partial charge in [0.25, 0.3) is 5.89 Å². The molecule has 0 aromatic carbocycles. The Morgan fingerprint density at radius 1 is 1.19 bits per heavy atom. The van der Waals surface area contributed by atoms with Crippen molar-refractivity contribution in [1.29, 1.82) is 0 Å². The second-order valence-electron chi connectivity index (χ2n) is 7.41. The molecular formula is C18H29ClN6O. The molecule has 2 saturated heterocycles. The third-order valence-electron chi connectivity index (χ3n) is 5.51. The standard InChI is InChI=1S/C18H28N6O.ClH/c1-23-13-15(11-20-23)18-21-17(22-25-18)16-5-3-2-4-10-24(16)12-14-6-8-19-9-7-14;/h11,13-14,16,19H,2-10,12H2,1H3;1H. The van der Waals surface area contributed by atoms with Crippen molar-refractivity contribution >= 4 is 12.4 Å². The van der Waals surface area contributed by atoms with Gasteiger partial charge in [-0.25, -0.2) is 0 Å². The molecule has 0 amide bonds. The van der Waals surface area contributed by atoms with E-state index in [4.69, 9.17) is 9.51 Å². The Balaban J connectivity index is 0.00000196. The average molecular weight is 381 g/mol. The van der Waals surface area contributed by atoms with Crippen LogP contribution in [-0.2, 0) is 7.05 Å². The fourth-order valence-electron chi connectivity index (χ4n) is 4.09. The molecule has 2 aliphatic heterocycles. The molecule has 0 aliphatic carbocycles. The van der Waals surface area contributed by atoms with Crippen LogP contribution in [0.1, 0.15) is 50.4 Å². The van der Waals surface area contributed by atoms with Gasteiger partial charge in [-0.1, -0.05) is 18.0 Å². The Kier molecular flexibility index (Phi) is 6.67. The second-order valence-corrected chi connectivity index (χ2v) is 7.41.